The van der Waals surface area contributed by atoms with Crippen LogP contribution in [0.25, 0.3) is 0 Å². The molecule has 8 heteroatoms. The van der Waals surface area contributed by atoms with Gasteiger partial charge in [0.2, 0.25) is 0 Å². The monoisotopic (exact) mass is 411 g/mol. The van der Waals surface area contributed by atoms with Crippen LogP contribution in [0.15, 0.2) is 30.5 Å². The smallest absolute Gasteiger partial charge is 0.274 e. The van der Waals surface area contributed by atoms with Gasteiger partial charge in [0.25, 0.3) is 5.91 Å². The van der Waals surface area contributed by atoms with Crippen LogP contribution in [0.2, 0.25) is 5.02 Å². The van der Waals surface area contributed by atoms with E-state index in [1.54, 1.807) is 6.20 Å². The second kappa shape index (κ2) is 9.53. The molecular formula is C19H27Cl2N5O. The summed E-state index contributed by atoms with van der Waals surface area (Å²) in [5.41, 5.74) is 0.968. The predicted octanol–water partition coefficient (Wildman–Crippen LogP) is 3.72. The van der Waals surface area contributed by atoms with E-state index in [-0.39, 0.29) is 18.3 Å². The molecule has 0 bridgehead atoms. The van der Waals surface area contributed by atoms with E-state index in [0.717, 1.165) is 44.3 Å². The Morgan fingerprint density at radius 3 is 2.48 bits per heavy atom. The lowest BCUT2D eigenvalue weighted by Crippen LogP contribution is -2.45. The first kappa shape index (κ1) is 21.7. The number of carbonyl (C=O) groups excluding carboxylic acids is 1. The first-order valence-electron chi connectivity index (χ1n) is 9.29. The van der Waals surface area contributed by atoms with Crippen LogP contribution in [0.3, 0.4) is 0 Å². The summed E-state index contributed by atoms with van der Waals surface area (Å²) in [6.07, 6.45) is 5.33. The lowest BCUT2D eigenvalue weighted by molar-refractivity contribution is 0.0884. The Morgan fingerprint density at radius 1 is 1.26 bits per heavy atom. The van der Waals surface area contributed by atoms with Gasteiger partial charge in [0.1, 0.15) is 0 Å². The first-order chi connectivity index (χ1) is 12.6. The average molecular weight is 412 g/mol. The molecule has 3 rings (SSSR count). The molecular weight excluding hydrogens is 385 g/mol. The van der Waals surface area contributed by atoms with Crippen molar-refractivity contribution in [1.82, 2.24) is 25.6 Å². The fraction of sp³-hybridized carbons (Fsp3) is 0.526. The minimum absolute atomic E-state index is 0. The number of aromatic nitrogens is 3. The zero-order valence-corrected chi connectivity index (χ0v) is 17.3. The van der Waals surface area contributed by atoms with E-state index in [2.05, 4.69) is 34.8 Å². The van der Waals surface area contributed by atoms with Crippen LogP contribution in [0, 0.1) is 0 Å². The normalized spacial score (nSPS) is 15.2. The Hall–Kier alpha value is -1.63. The van der Waals surface area contributed by atoms with Gasteiger partial charge in [-0.15, -0.1) is 17.5 Å². The van der Waals surface area contributed by atoms with E-state index in [4.69, 9.17) is 11.6 Å². The Balaban J connectivity index is 0.00000261. The van der Waals surface area contributed by atoms with Crippen LogP contribution < -0.4 is 10.6 Å². The van der Waals surface area contributed by atoms with Gasteiger partial charge in [0, 0.05) is 5.02 Å². The molecule has 27 heavy (non-hydrogen) atoms. The lowest BCUT2D eigenvalue weighted by atomic mass is 9.84. The van der Waals surface area contributed by atoms with Crippen molar-refractivity contribution in [2.45, 2.75) is 51.1 Å². The molecule has 1 aromatic carbocycles. The zero-order chi connectivity index (χ0) is 18.6. The van der Waals surface area contributed by atoms with Crippen LogP contribution in [0.1, 0.15) is 61.6 Å². The van der Waals surface area contributed by atoms with Crippen molar-refractivity contribution in [3.63, 3.8) is 0 Å². The van der Waals surface area contributed by atoms with Crippen molar-refractivity contribution >= 4 is 29.9 Å². The van der Waals surface area contributed by atoms with Gasteiger partial charge in [-0.25, -0.2) is 4.68 Å². The van der Waals surface area contributed by atoms with Crippen LogP contribution in [0.4, 0.5) is 0 Å². The largest absolute Gasteiger partial charge is 0.341 e. The lowest BCUT2D eigenvalue weighted by Gasteiger charge is -2.33. The molecule has 0 aliphatic carbocycles. The fourth-order valence-corrected chi connectivity index (χ4v) is 3.71. The van der Waals surface area contributed by atoms with Gasteiger partial charge in [-0.05, 0) is 56.5 Å². The first-order valence-corrected chi connectivity index (χ1v) is 9.67. The summed E-state index contributed by atoms with van der Waals surface area (Å²) in [5.74, 6) is -0.191. The molecule has 1 saturated heterocycles. The van der Waals surface area contributed by atoms with Crippen molar-refractivity contribution < 1.29 is 4.79 Å². The molecule has 2 heterocycles. The van der Waals surface area contributed by atoms with E-state index < -0.39 is 5.54 Å². The van der Waals surface area contributed by atoms with Crippen LogP contribution in [-0.2, 0) is 5.54 Å². The highest BCUT2D eigenvalue weighted by Crippen LogP contribution is 2.30. The molecule has 6 nitrogen and oxygen atoms in total. The van der Waals surface area contributed by atoms with E-state index >= 15 is 0 Å². The number of hydrogen-bond acceptors (Lipinski definition) is 4. The number of halogens is 2. The SMILES string of the molecule is CCC(CC)(NC(=O)c1cn(C2CCNCC2)nn1)c1ccc(Cl)cc1.Cl. The standard InChI is InChI=1S/C19H26ClN5O.ClH/c1-3-19(4-2,14-5-7-15(20)8-6-14)22-18(26)17-13-25(24-23-17)16-9-11-21-12-10-16;/h5-8,13,16,21H,3-4,9-12H2,1-2H3,(H,22,26);1H. The molecule has 0 spiro atoms. The molecule has 0 radical (unpaired) electrons. The number of amides is 1. The third-order valence-electron chi connectivity index (χ3n) is 5.38. The number of piperidine rings is 1. The number of nitrogens with zero attached hydrogens (tertiary/aromatic N) is 3. The average Bonchev–Trinajstić information content (AvgIpc) is 3.18. The van der Waals surface area contributed by atoms with Crippen molar-refractivity contribution in [2.24, 2.45) is 0 Å². The van der Waals surface area contributed by atoms with Crippen molar-refractivity contribution in [3.05, 3.63) is 46.7 Å². The van der Waals surface area contributed by atoms with Gasteiger partial charge in [0.15, 0.2) is 5.69 Å². The Morgan fingerprint density at radius 2 is 1.89 bits per heavy atom. The quantitative estimate of drug-likeness (QED) is 0.759. The van der Waals surface area contributed by atoms with Crippen molar-refractivity contribution in [2.75, 3.05) is 13.1 Å². The van der Waals surface area contributed by atoms with E-state index in [1.807, 2.05) is 28.9 Å². The molecule has 0 atom stereocenters. The third kappa shape index (κ3) is 4.81. The van der Waals surface area contributed by atoms with E-state index in [1.165, 1.54) is 0 Å². The predicted molar refractivity (Wildman–Crippen MR) is 110 cm³/mol. The molecule has 1 fully saturated rings. The van der Waals surface area contributed by atoms with Crippen molar-refractivity contribution in [3.8, 4) is 0 Å². The summed E-state index contributed by atoms with van der Waals surface area (Å²) in [5, 5.41) is 15.5. The minimum atomic E-state index is -0.444. The van der Waals surface area contributed by atoms with Gasteiger partial charge >= 0.3 is 0 Å². The maximum absolute atomic E-state index is 12.8. The van der Waals surface area contributed by atoms with Gasteiger partial charge in [-0.2, -0.15) is 0 Å². The van der Waals surface area contributed by atoms with Crippen LogP contribution in [0.5, 0.6) is 0 Å². The highest BCUT2D eigenvalue weighted by molar-refractivity contribution is 6.30. The molecule has 0 unspecified atom stereocenters. The fourth-order valence-electron chi connectivity index (χ4n) is 3.59. The van der Waals surface area contributed by atoms with Crippen LogP contribution in [-0.4, -0.2) is 34.0 Å². The Labute approximate surface area is 171 Å². The molecule has 1 aliphatic heterocycles. The number of carbonyl (C=O) groups is 1. The zero-order valence-electron chi connectivity index (χ0n) is 15.7. The van der Waals surface area contributed by atoms with Gasteiger partial charge in [-0.3, -0.25) is 4.79 Å². The van der Waals surface area contributed by atoms with Crippen LogP contribution >= 0.6 is 24.0 Å². The Bertz CT molecular complexity index is 737. The molecule has 2 N–H and O–H groups in total. The van der Waals surface area contributed by atoms with Crippen molar-refractivity contribution in [1.29, 1.82) is 0 Å². The summed E-state index contributed by atoms with van der Waals surface area (Å²) in [4.78, 5) is 12.8. The second-order valence-corrected chi connectivity index (χ2v) is 7.25. The molecule has 0 saturated carbocycles. The summed E-state index contributed by atoms with van der Waals surface area (Å²) in [7, 11) is 0. The molecule has 148 valence electrons. The second-order valence-electron chi connectivity index (χ2n) is 6.82. The number of hydrogen-bond donors (Lipinski definition) is 2. The summed E-state index contributed by atoms with van der Waals surface area (Å²) in [6, 6.07) is 7.97. The molecule has 1 aliphatic rings. The Kier molecular flexibility index (Phi) is 7.65. The maximum Gasteiger partial charge on any atom is 0.274 e. The summed E-state index contributed by atoms with van der Waals surface area (Å²) in [6.45, 7) is 6.09. The highest BCUT2D eigenvalue weighted by atomic mass is 35.5. The number of rotatable bonds is 6. The van der Waals surface area contributed by atoms with Gasteiger partial charge in [0.05, 0.1) is 17.8 Å². The topological polar surface area (TPSA) is 71.8 Å². The molecule has 1 amide bonds. The minimum Gasteiger partial charge on any atom is -0.341 e. The summed E-state index contributed by atoms with van der Waals surface area (Å²) >= 11 is 6.01. The van der Waals surface area contributed by atoms with Gasteiger partial charge in [-0.1, -0.05) is 42.8 Å². The number of benzene rings is 1. The van der Waals surface area contributed by atoms with E-state index in [0.29, 0.717) is 16.8 Å². The maximum atomic E-state index is 12.8. The molecule has 2 aromatic rings. The van der Waals surface area contributed by atoms with E-state index in [9.17, 15) is 4.79 Å². The highest BCUT2D eigenvalue weighted by Gasteiger charge is 2.31. The third-order valence-corrected chi connectivity index (χ3v) is 5.63. The summed E-state index contributed by atoms with van der Waals surface area (Å²) < 4.78 is 1.83. The van der Waals surface area contributed by atoms with Gasteiger partial charge < -0.3 is 10.6 Å². The molecule has 1 aromatic heterocycles. The number of nitrogens with one attached hydrogen (secondary N) is 2.